The van der Waals surface area contributed by atoms with Crippen LogP contribution in [0.25, 0.3) is 11.1 Å². The van der Waals surface area contributed by atoms with Crippen molar-refractivity contribution in [1.82, 2.24) is 15.1 Å². The topological polar surface area (TPSA) is 95.5 Å². The predicted octanol–water partition coefficient (Wildman–Crippen LogP) is 3.26. The first-order valence-corrected chi connectivity index (χ1v) is 8.85. The van der Waals surface area contributed by atoms with Crippen molar-refractivity contribution in [2.75, 3.05) is 7.11 Å². The molecule has 2 N–H and O–H groups in total. The SMILES string of the molecule is COc1cccc(C(CC(=O)O)N2Cc3ccc(-c4cn[nH]c4)cc3C2=O)c1. The van der Waals surface area contributed by atoms with Crippen LogP contribution in [0.2, 0.25) is 0 Å². The Balaban J connectivity index is 1.69. The van der Waals surface area contributed by atoms with Crippen molar-refractivity contribution in [2.45, 2.75) is 19.0 Å². The molecular formula is C21H19N3O4. The van der Waals surface area contributed by atoms with Crippen LogP contribution in [0.1, 0.15) is 33.9 Å². The molecule has 3 aromatic rings. The molecule has 7 heteroatoms. The van der Waals surface area contributed by atoms with Gasteiger partial charge in [-0.2, -0.15) is 5.10 Å². The predicted molar refractivity (Wildman–Crippen MR) is 102 cm³/mol. The summed E-state index contributed by atoms with van der Waals surface area (Å²) in [6, 6.07) is 12.3. The lowest BCUT2D eigenvalue weighted by Gasteiger charge is -2.27. The number of benzene rings is 2. The molecule has 4 rings (SSSR count). The van der Waals surface area contributed by atoms with Crippen LogP contribution in [0.15, 0.2) is 54.9 Å². The van der Waals surface area contributed by atoms with E-state index in [1.807, 2.05) is 24.3 Å². The van der Waals surface area contributed by atoms with E-state index in [0.29, 0.717) is 17.9 Å². The number of amides is 1. The number of carboxylic acid groups (broad SMARTS) is 1. The molecule has 142 valence electrons. The second-order valence-electron chi connectivity index (χ2n) is 6.68. The smallest absolute Gasteiger partial charge is 0.305 e. The molecule has 28 heavy (non-hydrogen) atoms. The molecule has 1 aliphatic heterocycles. The van der Waals surface area contributed by atoms with E-state index in [1.165, 1.54) is 0 Å². The Morgan fingerprint density at radius 3 is 2.86 bits per heavy atom. The van der Waals surface area contributed by atoms with Crippen LogP contribution >= 0.6 is 0 Å². The van der Waals surface area contributed by atoms with Gasteiger partial charge in [0.2, 0.25) is 0 Å². The zero-order valence-electron chi connectivity index (χ0n) is 15.3. The van der Waals surface area contributed by atoms with Crippen LogP contribution < -0.4 is 4.74 Å². The number of hydrogen-bond acceptors (Lipinski definition) is 4. The molecular weight excluding hydrogens is 358 g/mol. The molecule has 0 spiro atoms. The molecule has 1 aliphatic rings. The molecule has 0 saturated carbocycles. The minimum atomic E-state index is -0.962. The van der Waals surface area contributed by atoms with Gasteiger partial charge in [-0.1, -0.05) is 24.3 Å². The monoisotopic (exact) mass is 377 g/mol. The Hall–Kier alpha value is -3.61. The average Bonchev–Trinajstić information content (AvgIpc) is 3.34. The summed E-state index contributed by atoms with van der Waals surface area (Å²) >= 11 is 0. The van der Waals surface area contributed by atoms with Crippen molar-refractivity contribution in [1.29, 1.82) is 0 Å². The van der Waals surface area contributed by atoms with Gasteiger partial charge in [0.15, 0.2) is 0 Å². The third-order valence-electron chi connectivity index (χ3n) is 5.00. The Bertz CT molecular complexity index is 1030. The van der Waals surface area contributed by atoms with Crippen molar-refractivity contribution >= 4 is 11.9 Å². The molecule has 2 heterocycles. The number of H-pyrrole nitrogens is 1. The first-order chi connectivity index (χ1) is 13.6. The number of aliphatic carboxylic acids is 1. The summed E-state index contributed by atoms with van der Waals surface area (Å²) in [6.07, 6.45) is 3.28. The van der Waals surface area contributed by atoms with Gasteiger partial charge in [-0.05, 0) is 34.9 Å². The van der Waals surface area contributed by atoms with Crippen molar-refractivity contribution < 1.29 is 19.4 Å². The number of carbonyl (C=O) groups is 2. The third-order valence-corrected chi connectivity index (χ3v) is 5.00. The number of methoxy groups -OCH3 is 1. The van der Waals surface area contributed by atoms with Crippen LogP contribution in [-0.2, 0) is 11.3 Å². The van der Waals surface area contributed by atoms with Gasteiger partial charge < -0.3 is 14.7 Å². The second kappa shape index (κ2) is 7.19. The normalized spacial score (nSPS) is 14.0. The van der Waals surface area contributed by atoms with Crippen molar-refractivity contribution in [3.8, 4) is 16.9 Å². The third kappa shape index (κ3) is 3.22. The van der Waals surface area contributed by atoms with Gasteiger partial charge in [-0.3, -0.25) is 14.7 Å². The molecule has 0 aliphatic carbocycles. The summed E-state index contributed by atoms with van der Waals surface area (Å²) in [6.45, 7) is 0.370. The highest BCUT2D eigenvalue weighted by molar-refractivity contribution is 6.00. The Labute approximate surface area is 161 Å². The zero-order chi connectivity index (χ0) is 19.7. The zero-order valence-corrected chi connectivity index (χ0v) is 15.3. The van der Waals surface area contributed by atoms with Gasteiger partial charge in [0, 0.05) is 23.9 Å². The number of fused-ring (bicyclic) bond motifs is 1. The van der Waals surface area contributed by atoms with E-state index in [0.717, 1.165) is 22.3 Å². The van der Waals surface area contributed by atoms with Crippen LogP contribution in [0.5, 0.6) is 5.75 Å². The van der Waals surface area contributed by atoms with Crippen LogP contribution in [0.4, 0.5) is 0 Å². The Kier molecular flexibility index (Phi) is 4.57. The van der Waals surface area contributed by atoms with Crippen LogP contribution in [-0.4, -0.2) is 39.2 Å². The van der Waals surface area contributed by atoms with Gasteiger partial charge in [-0.15, -0.1) is 0 Å². The first-order valence-electron chi connectivity index (χ1n) is 8.85. The van der Waals surface area contributed by atoms with E-state index in [9.17, 15) is 14.7 Å². The molecule has 1 atom stereocenters. The lowest BCUT2D eigenvalue weighted by atomic mass is 10.0. The number of aromatic nitrogens is 2. The van der Waals surface area contributed by atoms with E-state index in [1.54, 1.807) is 42.6 Å². The van der Waals surface area contributed by atoms with E-state index in [-0.39, 0.29) is 12.3 Å². The number of nitrogens with one attached hydrogen (secondary N) is 1. The second-order valence-corrected chi connectivity index (χ2v) is 6.68. The quantitative estimate of drug-likeness (QED) is 0.687. The largest absolute Gasteiger partial charge is 0.497 e. The molecule has 0 radical (unpaired) electrons. The number of carbonyl (C=O) groups excluding carboxylic acids is 1. The van der Waals surface area contributed by atoms with Gasteiger partial charge in [0.05, 0.1) is 25.8 Å². The van der Waals surface area contributed by atoms with E-state index < -0.39 is 12.0 Å². The molecule has 7 nitrogen and oxygen atoms in total. The number of nitrogens with zero attached hydrogens (tertiary/aromatic N) is 2. The fourth-order valence-electron chi connectivity index (χ4n) is 3.59. The fourth-order valence-corrected chi connectivity index (χ4v) is 3.59. The maximum atomic E-state index is 13.1. The highest BCUT2D eigenvalue weighted by atomic mass is 16.5. The number of carboxylic acids is 1. The van der Waals surface area contributed by atoms with Crippen molar-refractivity contribution in [3.05, 3.63) is 71.5 Å². The highest BCUT2D eigenvalue weighted by Gasteiger charge is 2.35. The maximum absolute atomic E-state index is 13.1. The Morgan fingerprint density at radius 2 is 2.14 bits per heavy atom. The summed E-state index contributed by atoms with van der Waals surface area (Å²) in [5.41, 5.74) is 3.99. The van der Waals surface area contributed by atoms with Crippen molar-refractivity contribution in [3.63, 3.8) is 0 Å². The molecule has 0 saturated heterocycles. The maximum Gasteiger partial charge on any atom is 0.305 e. The van der Waals surface area contributed by atoms with Crippen LogP contribution in [0, 0.1) is 0 Å². The fraction of sp³-hybridized carbons (Fsp3) is 0.190. The highest BCUT2D eigenvalue weighted by Crippen LogP contribution is 2.36. The standard InChI is InChI=1S/C21H19N3O4/c1-28-17-4-2-3-14(7-17)19(9-20(25)26)24-12-15-6-5-13(8-18(15)21(24)27)16-10-22-23-11-16/h2-8,10-11,19H,9,12H2,1H3,(H,22,23)(H,25,26). The minimum absolute atomic E-state index is 0.172. The summed E-state index contributed by atoms with van der Waals surface area (Å²) in [5, 5.41) is 16.1. The Morgan fingerprint density at radius 1 is 1.29 bits per heavy atom. The number of hydrogen-bond donors (Lipinski definition) is 2. The minimum Gasteiger partial charge on any atom is -0.497 e. The molecule has 1 amide bonds. The lowest BCUT2D eigenvalue weighted by molar-refractivity contribution is -0.138. The molecule has 1 aromatic heterocycles. The van der Waals surface area contributed by atoms with Crippen molar-refractivity contribution in [2.24, 2.45) is 0 Å². The summed E-state index contributed by atoms with van der Waals surface area (Å²) < 4.78 is 5.26. The summed E-state index contributed by atoms with van der Waals surface area (Å²) in [7, 11) is 1.56. The molecule has 1 unspecified atom stereocenters. The van der Waals surface area contributed by atoms with E-state index in [2.05, 4.69) is 10.2 Å². The van der Waals surface area contributed by atoms with Gasteiger partial charge in [0.1, 0.15) is 5.75 Å². The lowest BCUT2D eigenvalue weighted by Crippen LogP contribution is -2.30. The van der Waals surface area contributed by atoms with Gasteiger partial charge in [0.25, 0.3) is 5.91 Å². The molecule has 0 bridgehead atoms. The molecule has 0 fully saturated rings. The first kappa shape index (κ1) is 17.8. The van der Waals surface area contributed by atoms with Gasteiger partial charge in [-0.25, -0.2) is 0 Å². The number of rotatable bonds is 6. The van der Waals surface area contributed by atoms with Gasteiger partial charge >= 0.3 is 5.97 Å². The summed E-state index contributed by atoms with van der Waals surface area (Å²) in [4.78, 5) is 26.3. The number of aromatic amines is 1. The number of ether oxygens (including phenoxy) is 1. The summed E-state index contributed by atoms with van der Waals surface area (Å²) in [5.74, 6) is -0.510. The van der Waals surface area contributed by atoms with E-state index >= 15 is 0 Å². The van der Waals surface area contributed by atoms with E-state index in [4.69, 9.17) is 4.74 Å². The van der Waals surface area contributed by atoms with Crippen LogP contribution in [0.3, 0.4) is 0 Å². The average molecular weight is 377 g/mol. The molecule has 2 aromatic carbocycles.